The lowest BCUT2D eigenvalue weighted by molar-refractivity contribution is -0.136. The van der Waals surface area contributed by atoms with Crippen molar-refractivity contribution in [1.82, 2.24) is 4.98 Å². The minimum absolute atomic E-state index is 0.0206. The topological polar surface area (TPSA) is 82.8 Å². The number of rotatable bonds is 10. The summed E-state index contributed by atoms with van der Waals surface area (Å²) in [5.74, 6) is -0.994. The number of pyridine rings is 1. The van der Waals surface area contributed by atoms with E-state index in [1.54, 1.807) is 6.20 Å². The Balaban J connectivity index is 2.35. The highest BCUT2D eigenvalue weighted by Gasteiger charge is 2.19. The second-order valence-electron chi connectivity index (χ2n) is 7.07. The number of carbonyl (C=O) groups is 1. The Morgan fingerprint density at radius 1 is 1.23 bits per heavy atom. The van der Waals surface area contributed by atoms with E-state index in [1.807, 2.05) is 61.5 Å². The molecule has 0 radical (unpaired) electrons. The van der Waals surface area contributed by atoms with Crippen molar-refractivity contribution in [3.63, 3.8) is 0 Å². The molecule has 0 unspecified atom stereocenters. The summed E-state index contributed by atoms with van der Waals surface area (Å²) in [6, 6.07) is 11.2. The second-order valence-corrected chi connectivity index (χ2v) is 7.07. The lowest BCUT2D eigenvalue weighted by Crippen LogP contribution is -2.11. The lowest BCUT2D eigenvalue weighted by Gasteiger charge is -2.19. The van der Waals surface area contributed by atoms with Gasteiger partial charge in [-0.05, 0) is 42.2 Å². The first-order valence-corrected chi connectivity index (χ1v) is 9.91. The number of benzene rings is 1. The second kappa shape index (κ2) is 11.5. The summed E-state index contributed by atoms with van der Waals surface area (Å²) in [4.78, 5) is 15.2. The maximum atomic E-state index is 11.0. The summed E-state index contributed by atoms with van der Waals surface area (Å²) in [5.41, 5.74) is 4.77. The van der Waals surface area contributed by atoms with E-state index in [-0.39, 0.29) is 12.3 Å². The van der Waals surface area contributed by atoms with Crippen LogP contribution in [-0.2, 0) is 11.2 Å². The molecule has 0 fully saturated rings. The van der Waals surface area contributed by atoms with Gasteiger partial charge in [0.05, 0.1) is 12.1 Å². The predicted octanol–water partition coefficient (Wildman–Crippen LogP) is 5.45. The van der Waals surface area contributed by atoms with Gasteiger partial charge in [-0.15, -0.1) is 0 Å². The van der Waals surface area contributed by atoms with E-state index in [2.05, 4.69) is 29.7 Å². The van der Waals surface area contributed by atoms with Gasteiger partial charge in [-0.3, -0.25) is 9.78 Å². The standard InChI is InChI=1S/C25H28N2O3/c1-4-5-6-7-8-18(2)23(21-11-9-20(10-12-21)16-25(28)29)17-24(27-30)22-13-14-26-19(3)15-22/h5-15,23,30H,2,4,16-17H2,1,3H3,(H,28,29)/b6-5-,8-7-,27-24+/t23-/m0/s1. The van der Waals surface area contributed by atoms with Crippen LogP contribution in [0.5, 0.6) is 0 Å². The molecule has 2 aromatic rings. The van der Waals surface area contributed by atoms with Gasteiger partial charge in [0.15, 0.2) is 0 Å². The third-order valence-electron chi connectivity index (χ3n) is 4.73. The summed E-state index contributed by atoms with van der Waals surface area (Å²) in [6.45, 7) is 8.19. The zero-order valence-electron chi connectivity index (χ0n) is 17.5. The normalized spacial score (nSPS) is 13.1. The number of allylic oxidation sites excluding steroid dienone is 5. The zero-order valence-corrected chi connectivity index (χ0v) is 17.5. The molecule has 0 saturated heterocycles. The fourth-order valence-corrected chi connectivity index (χ4v) is 3.15. The van der Waals surface area contributed by atoms with Crippen LogP contribution in [0.2, 0.25) is 0 Å². The molecule has 1 aromatic heterocycles. The van der Waals surface area contributed by atoms with Gasteiger partial charge in [-0.1, -0.05) is 67.2 Å². The van der Waals surface area contributed by atoms with Gasteiger partial charge >= 0.3 is 5.97 Å². The molecular formula is C25H28N2O3. The first-order chi connectivity index (χ1) is 14.4. The Labute approximate surface area is 177 Å². The minimum Gasteiger partial charge on any atom is -0.481 e. The van der Waals surface area contributed by atoms with Crippen LogP contribution in [0.3, 0.4) is 0 Å². The monoisotopic (exact) mass is 404 g/mol. The highest BCUT2D eigenvalue weighted by atomic mass is 16.4. The van der Waals surface area contributed by atoms with Crippen molar-refractivity contribution in [1.29, 1.82) is 0 Å². The third kappa shape index (κ3) is 6.85. The molecule has 2 N–H and O–H groups in total. The summed E-state index contributed by atoms with van der Waals surface area (Å²) in [5, 5.41) is 22.2. The van der Waals surface area contributed by atoms with E-state index >= 15 is 0 Å². The van der Waals surface area contributed by atoms with Gasteiger partial charge < -0.3 is 10.3 Å². The molecule has 30 heavy (non-hydrogen) atoms. The van der Waals surface area contributed by atoms with Crippen LogP contribution in [0.25, 0.3) is 0 Å². The Bertz CT molecular complexity index is 957. The molecule has 0 aliphatic carbocycles. The molecule has 0 aliphatic heterocycles. The number of aryl methyl sites for hydroxylation is 1. The van der Waals surface area contributed by atoms with Crippen LogP contribution in [0.4, 0.5) is 0 Å². The molecular weight excluding hydrogens is 376 g/mol. The van der Waals surface area contributed by atoms with Crippen LogP contribution in [-0.4, -0.2) is 27.0 Å². The Morgan fingerprint density at radius 3 is 2.57 bits per heavy atom. The number of hydrogen-bond donors (Lipinski definition) is 2. The molecule has 1 atom stereocenters. The smallest absolute Gasteiger partial charge is 0.307 e. The zero-order chi connectivity index (χ0) is 21.9. The fraction of sp³-hybridized carbons (Fsp3) is 0.240. The van der Waals surface area contributed by atoms with E-state index in [9.17, 15) is 10.0 Å². The number of nitrogens with zero attached hydrogens (tertiary/aromatic N) is 2. The molecule has 2 rings (SSSR count). The summed E-state index contributed by atoms with van der Waals surface area (Å²) in [7, 11) is 0. The Morgan fingerprint density at radius 2 is 1.97 bits per heavy atom. The van der Waals surface area contributed by atoms with Crippen molar-refractivity contribution in [3.05, 3.63) is 101 Å². The van der Waals surface area contributed by atoms with Crippen LogP contribution in [0, 0.1) is 6.92 Å². The van der Waals surface area contributed by atoms with Crippen LogP contribution in [0.1, 0.15) is 48.1 Å². The van der Waals surface area contributed by atoms with Crippen molar-refractivity contribution in [2.24, 2.45) is 5.16 Å². The largest absolute Gasteiger partial charge is 0.481 e. The number of oxime groups is 1. The predicted molar refractivity (Wildman–Crippen MR) is 120 cm³/mol. The van der Waals surface area contributed by atoms with Gasteiger partial charge in [-0.25, -0.2) is 0 Å². The number of carboxylic acids is 1. The average molecular weight is 405 g/mol. The average Bonchev–Trinajstić information content (AvgIpc) is 2.72. The Hall–Kier alpha value is -3.47. The van der Waals surface area contributed by atoms with Crippen molar-refractivity contribution in [2.45, 2.75) is 39.0 Å². The van der Waals surface area contributed by atoms with Crippen LogP contribution < -0.4 is 0 Å². The Kier molecular flexibility index (Phi) is 8.75. The third-order valence-corrected chi connectivity index (χ3v) is 4.73. The molecule has 5 heteroatoms. The van der Waals surface area contributed by atoms with Crippen molar-refractivity contribution >= 4 is 11.7 Å². The summed E-state index contributed by atoms with van der Waals surface area (Å²) < 4.78 is 0. The maximum Gasteiger partial charge on any atom is 0.307 e. The van der Waals surface area contributed by atoms with Crippen molar-refractivity contribution in [2.75, 3.05) is 0 Å². The molecule has 0 spiro atoms. The molecule has 0 amide bonds. The first-order valence-electron chi connectivity index (χ1n) is 9.91. The molecule has 0 saturated carbocycles. The molecule has 1 heterocycles. The van der Waals surface area contributed by atoms with Crippen LogP contribution in [0.15, 0.2) is 84.2 Å². The van der Waals surface area contributed by atoms with Gasteiger partial charge in [0.2, 0.25) is 0 Å². The van der Waals surface area contributed by atoms with Crippen molar-refractivity contribution < 1.29 is 15.1 Å². The van der Waals surface area contributed by atoms with E-state index < -0.39 is 5.97 Å². The molecule has 156 valence electrons. The van der Waals surface area contributed by atoms with E-state index in [1.165, 1.54) is 0 Å². The van der Waals surface area contributed by atoms with Gasteiger partial charge in [0.25, 0.3) is 0 Å². The maximum absolute atomic E-state index is 11.0. The molecule has 0 bridgehead atoms. The summed E-state index contributed by atoms with van der Waals surface area (Å²) in [6.07, 6.45) is 11.0. The number of hydrogen-bond acceptors (Lipinski definition) is 4. The summed E-state index contributed by atoms with van der Waals surface area (Å²) >= 11 is 0. The van der Waals surface area contributed by atoms with Crippen molar-refractivity contribution in [3.8, 4) is 0 Å². The SMILES string of the molecule is C=C(/C=C\C=C/CC)[C@H](C/C(=N\O)c1ccnc(C)c1)c1ccc(CC(=O)O)cc1. The number of aliphatic carboxylic acids is 1. The molecule has 1 aromatic carbocycles. The lowest BCUT2D eigenvalue weighted by atomic mass is 9.85. The van der Waals surface area contributed by atoms with E-state index in [4.69, 9.17) is 5.11 Å². The van der Waals surface area contributed by atoms with E-state index in [0.717, 1.165) is 34.4 Å². The number of aromatic nitrogens is 1. The molecule has 5 nitrogen and oxygen atoms in total. The minimum atomic E-state index is -0.864. The van der Waals surface area contributed by atoms with Crippen LogP contribution >= 0.6 is 0 Å². The highest BCUT2D eigenvalue weighted by molar-refractivity contribution is 6.01. The fourth-order valence-electron chi connectivity index (χ4n) is 3.15. The molecule has 0 aliphatic rings. The first kappa shape index (κ1) is 22.8. The quantitative estimate of drug-likeness (QED) is 0.239. The highest BCUT2D eigenvalue weighted by Crippen LogP contribution is 2.30. The van der Waals surface area contributed by atoms with Gasteiger partial charge in [0, 0.05) is 29.8 Å². The van der Waals surface area contributed by atoms with Gasteiger partial charge in [0.1, 0.15) is 0 Å². The van der Waals surface area contributed by atoms with E-state index in [0.29, 0.717) is 12.1 Å². The number of carboxylic acid groups (broad SMARTS) is 1. The van der Waals surface area contributed by atoms with Gasteiger partial charge in [-0.2, -0.15) is 0 Å².